The smallest absolute Gasteiger partial charge is 0.256 e. The van der Waals surface area contributed by atoms with Crippen LogP contribution in [-0.4, -0.2) is 24.7 Å². The quantitative estimate of drug-likeness (QED) is 0.868. The Morgan fingerprint density at radius 1 is 1.29 bits per heavy atom. The maximum Gasteiger partial charge on any atom is 0.256 e. The summed E-state index contributed by atoms with van der Waals surface area (Å²) >= 11 is 0. The maximum atomic E-state index is 12.4. The zero-order valence-electron chi connectivity index (χ0n) is 13.1. The first-order valence-electron chi connectivity index (χ1n) is 7.73. The molecule has 116 valence electrons. The summed E-state index contributed by atoms with van der Waals surface area (Å²) in [5.74, 6) is 0.780. The van der Waals surface area contributed by atoms with Crippen LogP contribution in [0.3, 0.4) is 0 Å². The number of anilines is 1. The fourth-order valence-electron chi connectivity index (χ4n) is 2.65. The molecule has 1 aliphatic carbocycles. The van der Waals surface area contributed by atoms with Crippen molar-refractivity contribution in [3.63, 3.8) is 0 Å². The fourth-order valence-corrected chi connectivity index (χ4v) is 2.65. The number of hydrogen-bond donors (Lipinski definition) is 1. The van der Waals surface area contributed by atoms with Gasteiger partial charge in [-0.3, -0.25) is 4.79 Å². The highest BCUT2D eigenvalue weighted by atomic mass is 16.5. The summed E-state index contributed by atoms with van der Waals surface area (Å²) in [6.45, 7) is 4.13. The first-order chi connectivity index (χ1) is 10.1. The lowest BCUT2D eigenvalue weighted by Gasteiger charge is -2.26. The minimum Gasteiger partial charge on any atom is -0.491 e. The molecule has 2 rings (SSSR count). The average Bonchev–Trinajstić information content (AvgIpc) is 2.99. The number of benzene rings is 1. The molecule has 21 heavy (non-hydrogen) atoms. The molecule has 1 aliphatic rings. The van der Waals surface area contributed by atoms with Crippen molar-refractivity contribution in [3.8, 4) is 5.75 Å². The predicted molar refractivity (Wildman–Crippen MR) is 83.7 cm³/mol. The van der Waals surface area contributed by atoms with E-state index in [0.717, 1.165) is 43.5 Å². The van der Waals surface area contributed by atoms with Gasteiger partial charge in [0.1, 0.15) is 11.4 Å². The summed E-state index contributed by atoms with van der Waals surface area (Å²) in [5.41, 5.74) is 0.131. The van der Waals surface area contributed by atoms with Gasteiger partial charge < -0.3 is 14.8 Å². The van der Waals surface area contributed by atoms with Gasteiger partial charge in [0, 0.05) is 12.8 Å². The SMILES string of the molecule is CCC(C)Oc1ccc(NC(=O)C2(OC)CCCC2)cc1. The third-order valence-electron chi connectivity index (χ3n) is 4.24. The molecular formula is C17H25NO3. The van der Waals surface area contributed by atoms with Gasteiger partial charge in [-0.25, -0.2) is 0 Å². The van der Waals surface area contributed by atoms with Crippen LogP contribution in [0.25, 0.3) is 0 Å². The van der Waals surface area contributed by atoms with Crippen LogP contribution in [0, 0.1) is 0 Å². The highest BCUT2D eigenvalue weighted by Gasteiger charge is 2.41. The molecule has 0 aromatic heterocycles. The van der Waals surface area contributed by atoms with Crippen LogP contribution < -0.4 is 10.1 Å². The van der Waals surface area contributed by atoms with Gasteiger partial charge in [0.05, 0.1) is 6.10 Å². The zero-order chi connectivity index (χ0) is 15.3. The Morgan fingerprint density at radius 3 is 2.43 bits per heavy atom. The van der Waals surface area contributed by atoms with Crippen molar-refractivity contribution >= 4 is 11.6 Å². The van der Waals surface area contributed by atoms with Crippen LogP contribution in [0.15, 0.2) is 24.3 Å². The highest BCUT2D eigenvalue weighted by Crippen LogP contribution is 2.33. The molecule has 4 heteroatoms. The van der Waals surface area contributed by atoms with E-state index >= 15 is 0 Å². The monoisotopic (exact) mass is 291 g/mol. The molecule has 0 aliphatic heterocycles. The number of carbonyl (C=O) groups excluding carboxylic acids is 1. The normalized spacial score (nSPS) is 18.2. The summed E-state index contributed by atoms with van der Waals surface area (Å²) in [6.07, 6.45) is 4.84. The number of ether oxygens (including phenoxy) is 2. The minimum atomic E-state index is -0.647. The molecular weight excluding hydrogens is 266 g/mol. The second-order valence-electron chi connectivity index (χ2n) is 5.72. The van der Waals surface area contributed by atoms with Crippen molar-refractivity contribution in [2.45, 2.75) is 57.7 Å². The van der Waals surface area contributed by atoms with E-state index in [9.17, 15) is 4.79 Å². The Labute approximate surface area is 126 Å². The second-order valence-corrected chi connectivity index (χ2v) is 5.72. The van der Waals surface area contributed by atoms with E-state index in [1.807, 2.05) is 31.2 Å². The molecule has 1 fully saturated rings. The molecule has 1 atom stereocenters. The molecule has 1 aromatic carbocycles. The van der Waals surface area contributed by atoms with Crippen LogP contribution in [0.4, 0.5) is 5.69 Å². The van der Waals surface area contributed by atoms with Gasteiger partial charge in [-0.1, -0.05) is 6.92 Å². The topological polar surface area (TPSA) is 47.6 Å². The van der Waals surface area contributed by atoms with Crippen molar-refractivity contribution < 1.29 is 14.3 Å². The average molecular weight is 291 g/mol. The largest absolute Gasteiger partial charge is 0.491 e. The lowest BCUT2D eigenvalue weighted by Crippen LogP contribution is -2.42. The van der Waals surface area contributed by atoms with E-state index in [2.05, 4.69) is 12.2 Å². The van der Waals surface area contributed by atoms with E-state index in [1.54, 1.807) is 7.11 Å². The van der Waals surface area contributed by atoms with E-state index in [4.69, 9.17) is 9.47 Å². The molecule has 0 saturated heterocycles. The fraction of sp³-hybridized carbons (Fsp3) is 0.588. The van der Waals surface area contributed by atoms with Gasteiger partial charge in [0.25, 0.3) is 5.91 Å². The molecule has 1 saturated carbocycles. The Morgan fingerprint density at radius 2 is 1.90 bits per heavy atom. The van der Waals surface area contributed by atoms with Crippen molar-refractivity contribution in [1.29, 1.82) is 0 Å². The van der Waals surface area contributed by atoms with E-state index < -0.39 is 5.60 Å². The first-order valence-corrected chi connectivity index (χ1v) is 7.73. The van der Waals surface area contributed by atoms with Gasteiger partial charge in [-0.15, -0.1) is 0 Å². The molecule has 1 amide bonds. The van der Waals surface area contributed by atoms with Crippen LogP contribution in [0.2, 0.25) is 0 Å². The lowest BCUT2D eigenvalue weighted by molar-refractivity contribution is -0.136. The van der Waals surface area contributed by atoms with Crippen LogP contribution in [0.1, 0.15) is 46.0 Å². The third kappa shape index (κ3) is 3.76. The number of hydrogen-bond acceptors (Lipinski definition) is 3. The van der Waals surface area contributed by atoms with Gasteiger partial charge in [-0.2, -0.15) is 0 Å². The number of rotatable bonds is 6. The van der Waals surface area contributed by atoms with Crippen molar-refractivity contribution in [3.05, 3.63) is 24.3 Å². The minimum absolute atomic E-state index is 0.0434. The highest BCUT2D eigenvalue weighted by molar-refractivity contribution is 5.97. The molecule has 0 spiro atoms. The van der Waals surface area contributed by atoms with Crippen LogP contribution in [0.5, 0.6) is 5.75 Å². The molecule has 4 nitrogen and oxygen atoms in total. The molecule has 1 unspecified atom stereocenters. The van der Waals surface area contributed by atoms with E-state index in [0.29, 0.717) is 0 Å². The molecule has 1 aromatic rings. The van der Waals surface area contributed by atoms with Crippen molar-refractivity contribution in [2.24, 2.45) is 0 Å². The zero-order valence-corrected chi connectivity index (χ0v) is 13.1. The number of amides is 1. The van der Waals surface area contributed by atoms with Gasteiger partial charge in [-0.05, 0) is 63.3 Å². The number of nitrogens with one attached hydrogen (secondary N) is 1. The van der Waals surface area contributed by atoms with Gasteiger partial charge >= 0.3 is 0 Å². The van der Waals surface area contributed by atoms with Crippen molar-refractivity contribution in [1.82, 2.24) is 0 Å². The predicted octanol–water partition coefficient (Wildman–Crippen LogP) is 3.76. The molecule has 0 heterocycles. The summed E-state index contributed by atoms with van der Waals surface area (Å²) in [5, 5.41) is 2.95. The standard InChI is InChI=1S/C17H25NO3/c1-4-13(2)21-15-9-7-14(8-10-15)18-16(19)17(20-3)11-5-6-12-17/h7-10,13H,4-6,11-12H2,1-3H3,(H,18,19). The van der Waals surface area contributed by atoms with E-state index in [1.165, 1.54) is 0 Å². The van der Waals surface area contributed by atoms with Gasteiger partial charge in [0.2, 0.25) is 0 Å². The second kappa shape index (κ2) is 6.94. The molecule has 1 N–H and O–H groups in total. The Hall–Kier alpha value is -1.55. The lowest BCUT2D eigenvalue weighted by atomic mass is 10.0. The summed E-state index contributed by atoms with van der Waals surface area (Å²) < 4.78 is 11.2. The first kappa shape index (κ1) is 15.8. The number of methoxy groups -OCH3 is 1. The Balaban J connectivity index is 1.98. The maximum absolute atomic E-state index is 12.4. The number of carbonyl (C=O) groups is 1. The Kier molecular flexibility index (Phi) is 5.23. The van der Waals surface area contributed by atoms with Crippen LogP contribution >= 0.6 is 0 Å². The summed E-state index contributed by atoms with van der Waals surface area (Å²) in [4.78, 5) is 12.4. The molecule has 0 radical (unpaired) electrons. The van der Waals surface area contributed by atoms with Crippen molar-refractivity contribution in [2.75, 3.05) is 12.4 Å². The molecule has 0 bridgehead atoms. The van der Waals surface area contributed by atoms with E-state index in [-0.39, 0.29) is 12.0 Å². The van der Waals surface area contributed by atoms with Crippen LogP contribution in [-0.2, 0) is 9.53 Å². The Bertz CT molecular complexity index is 463. The summed E-state index contributed by atoms with van der Waals surface area (Å²) in [6, 6.07) is 7.51. The third-order valence-corrected chi connectivity index (χ3v) is 4.24. The summed E-state index contributed by atoms with van der Waals surface area (Å²) in [7, 11) is 1.62. The van der Waals surface area contributed by atoms with Gasteiger partial charge in [0.15, 0.2) is 0 Å².